The topological polar surface area (TPSA) is 92.1 Å². The van der Waals surface area contributed by atoms with E-state index in [2.05, 4.69) is 16.4 Å². The van der Waals surface area contributed by atoms with Crippen LogP contribution < -0.4 is 10.1 Å². The molecule has 0 unspecified atom stereocenters. The summed E-state index contributed by atoms with van der Waals surface area (Å²) in [7, 11) is 1.58. The predicted octanol–water partition coefficient (Wildman–Crippen LogP) is 5.63. The van der Waals surface area contributed by atoms with Crippen LogP contribution in [0.15, 0.2) is 71.1 Å². The Bertz CT molecular complexity index is 1460. The van der Waals surface area contributed by atoms with Crippen LogP contribution in [0.25, 0.3) is 21.6 Å². The summed E-state index contributed by atoms with van der Waals surface area (Å²) >= 11 is 2.64. The molecule has 2 aromatic heterocycles. The largest absolute Gasteiger partial charge is 0.497 e. The molecular weight excluding hydrogens is 466 g/mol. The molecule has 0 aliphatic heterocycles. The highest BCUT2D eigenvalue weighted by Crippen LogP contribution is 2.46. The number of pyridine rings is 1. The lowest BCUT2D eigenvalue weighted by molar-refractivity contribution is -0.113. The molecule has 0 radical (unpaired) electrons. The lowest BCUT2D eigenvalue weighted by Crippen LogP contribution is -2.14. The number of rotatable bonds is 6. The highest BCUT2D eigenvalue weighted by atomic mass is 32.2. The number of hydrogen-bond acceptors (Lipinski definition) is 7. The number of nitriles is 1. The zero-order chi connectivity index (χ0) is 23.7. The number of carbonyl (C=O) groups excluding carboxylic acids is 2. The van der Waals surface area contributed by atoms with Crippen LogP contribution >= 0.6 is 23.1 Å². The molecule has 34 heavy (non-hydrogen) atoms. The van der Waals surface area contributed by atoms with Crippen molar-refractivity contribution < 1.29 is 14.3 Å². The number of nitrogens with zero attached hydrogens (tertiary/aromatic N) is 2. The zero-order valence-corrected chi connectivity index (χ0v) is 19.6. The van der Waals surface area contributed by atoms with Crippen molar-refractivity contribution in [3.05, 3.63) is 82.9 Å². The van der Waals surface area contributed by atoms with E-state index >= 15 is 0 Å². The molecule has 166 valence electrons. The van der Waals surface area contributed by atoms with Gasteiger partial charge in [0.2, 0.25) is 11.7 Å². The van der Waals surface area contributed by atoms with Gasteiger partial charge in [0.05, 0.1) is 18.4 Å². The van der Waals surface area contributed by atoms with E-state index in [-0.39, 0.29) is 17.4 Å². The van der Waals surface area contributed by atoms with E-state index in [1.165, 1.54) is 11.3 Å². The monoisotopic (exact) mass is 483 g/mol. The Morgan fingerprint density at radius 1 is 1.09 bits per heavy atom. The quantitative estimate of drug-likeness (QED) is 0.315. The Balaban J connectivity index is 1.50. The van der Waals surface area contributed by atoms with Gasteiger partial charge in [-0.15, -0.1) is 11.3 Å². The standard InChI is InChI=1S/C26H17N3O3S2/c1-32-16-10-8-15(9-11-16)28-21(30)14-34-26-19(13-27)22(20-7-4-12-33-20)23-17-5-2-3-6-18(17)25(31)24(23)29-26/h2-12H,14H2,1H3,(H,28,30). The van der Waals surface area contributed by atoms with E-state index < -0.39 is 0 Å². The molecule has 1 N–H and O–H groups in total. The Morgan fingerprint density at radius 2 is 1.85 bits per heavy atom. The first-order valence-corrected chi connectivity index (χ1v) is 12.2. The summed E-state index contributed by atoms with van der Waals surface area (Å²) in [6, 6.07) is 20.5. The molecule has 1 aliphatic rings. The average Bonchev–Trinajstić information content (AvgIpc) is 3.50. The fourth-order valence-corrected chi connectivity index (χ4v) is 5.47. The van der Waals surface area contributed by atoms with Crippen LogP contribution in [0.5, 0.6) is 5.75 Å². The van der Waals surface area contributed by atoms with Crippen molar-refractivity contribution in [2.24, 2.45) is 0 Å². The van der Waals surface area contributed by atoms with Crippen LogP contribution in [-0.4, -0.2) is 29.5 Å². The summed E-state index contributed by atoms with van der Waals surface area (Å²) in [5.74, 6) is 0.323. The van der Waals surface area contributed by atoms with E-state index in [1.807, 2.05) is 35.7 Å². The Morgan fingerprint density at radius 3 is 2.53 bits per heavy atom. The normalized spacial score (nSPS) is 11.5. The number of ketones is 1. The van der Waals surface area contributed by atoms with E-state index in [0.717, 1.165) is 22.2 Å². The lowest BCUT2D eigenvalue weighted by atomic mass is 9.97. The number of anilines is 1. The minimum Gasteiger partial charge on any atom is -0.497 e. The van der Waals surface area contributed by atoms with Gasteiger partial charge in [0.25, 0.3) is 0 Å². The molecule has 8 heteroatoms. The number of methoxy groups -OCH3 is 1. The van der Waals surface area contributed by atoms with Crippen LogP contribution in [0.3, 0.4) is 0 Å². The molecule has 0 saturated carbocycles. The molecule has 0 bridgehead atoms. The number of nitrogens with one attached hydrogen (secondary N) is 1. The van der Waals surface area contributed by atoms with Gasteiger partial charge in [0.1, 0.15) is 22.5 Å². The van der Waals surface area contributed by atoms with Crippen molar-refractivity contribution in [3.8, 4) is 33.4 Å². The lowest BCUT2D eigenvalue weighted by Gasteiger charge is -2.13. The summed E-state index contributed by atoms with van der Waals surface area (Å²) in [5.41, 5.74) is 4.06. The molecule has 1 aliphatic carbocycles. The second kappa shape index (κ2) is 9.14. The number of benzene rings is 2. The number of aromatic nitrogens is 1. The minimum absolute atomic E-state index is 0.0392. The van der Waals surface area contributed by atoms with E-state index in [1.54, 1.807) is 37.4 Å². The zero-order valence-electron chi connectivity index (χ0n) is 18.0. The summed E-state index contributed by atoms with van der Waals surface area (Å²) in [6.45, 7) is 0. The van der Waals surface area contributed by atoms with E-state index in [0.29, 0.717) is 44.4 Å². The van der Waals surface area contributed by atoms with Gasteiger partial charge in [-0.1, -0.05) is 42.1 Å². The third-order valence-electron chi connectivity index (χ3n) is 5.41. The van der Waals surface area contributed by atoms with Gasteiger partial charge < -0.3 is 10.1 Å². The van der Waals surface area contributed by atoms with Crippen LogP contribution in [0.2, 0.25) is 0 Å². The summed E-state index contributed by atoms with van der Waals surface area (Å²) in [5, 5.41) is 15.2. The molecular formula is C26H17N3O3S2. The number of carbonyl (C=O) groups is 2. The fraction of sp³-hybridized carbons (Fsp3) is 0.0769. The van der Waals surface area contributed by atoms with Crippen molar-refractivity contribution in [1.29, 1.82) is 5.26 Å². The van der Waals surface area contributed by atoms with Crippen molar-refractivity contribution >= 4 is 40.5 Å². The van der Waals surface area contributed by atoms with Gasteiger partial charge in [-0.3, -0.25) is 9.59 Å². The molecule has 0 atom stereocenters. The van der Waals surface area contributed by atoms with E-state index in [4.69, 9.17) is 4.74 Å². The Kier molecular flexibility index (Phi) is 5.88. The van der Waals surface area contributed by atoms with Gasteiger partial charge in [-0.2, -0.15) is 5.26 Å². The molecule has 2 aromatic carbocycles. The van der Waals surface area contributed by atoms with Crippen molar-refractivity contribution in [1.82, 2.24) is 4.98 Å². The number of ether oxygens (including phenoxy) is 1. The van der Waals surface area contributed by atoms with Gasteiger partial charge in [0.15, 0.2) is 0 Å². The third-order valence-corrected chi connectivity index (χ3v) is 7.28. The van der Waals surface area contributed by atoms with Crippen LogP contribution in [-0.2, 0) is 4.79 Å². The van der Waals surface area contributed by atoms with Crippen molar-refractivity contribution in [3.63, 3.8) is 0 Å². The van der Waals surface area contributed by atoms with Crippen LogP contribution in [0, 0.1) is 11.3 Å². The van der Waals surface area contributed by atoms with Crippen molar-refractivity contribution in [2.45, 2.75) is 5.03 Å². The average molecular weight is 484 g/mol. The molecule has 0 fully saturated rings. The smallest absolute Gasteiger partial charge is 0.234 e. The number of fused-ring (bicyclic) bond motifs is 3. The predicted molar refractivity (Wildman–Crippen MR) is 133 cm³/mol. The highest BCUT2D eigenvalue weighted by Gasteiger charge is 2.34. The third kappa shape index (κ3) is 3.85. The second-order valence-corrected chi connectivity index (χ2v) is 9.33. The first-order chi connectivity index (χ1) is 16.6. The summed E-state index contributed by atoms with van der Waals surface area (Å²) in [4.78, 5) is 31.2. The molecule has 5 rings (SSSR count). The van der Waals surface area contributed by atoms with E-state index in [9.17, 15) is 14.9 Å². The summed E-state index contributed by atoms with van der Waals surface area (Å²) < 4.78 is 5.13. The molecule has 0 saturated heterocycles. The number of amides is 1. The van der Waals surface area contributed by atoms with Gasteiger partial charge in [0, 0.05) is 27.3 Å². The molecule has 1 amide bonds. The Hall–Kier alpha value is -3.93. The maximum Gasteiger partial charge on any atom is 0.234 e. The first-order valence-electron chi connectivity index (χ1n) is 10.3. The van der Waals surface area contributed by atoms with Gasteiger partial charge >= 0.3 is 0 Å². The van der Waals surface area contributed by atoms with Gasteiger partial charge in [-0.25, -0.2) is 4.98 Å². The van der Waals surface area contributed by atoms with Crippen LogP contribution in [0.1, 0.15) is 21.6 Å². The molecule has 4 aromatic rings. The highest BCUT2D eigenvalue weighted by molar-refractivity contribution is 8.00. The second-order valence-electron chi connectivity index (χ2n) is 7.42. The number of thioether (sulfide) groups is 1. The SMILES string of the molecule is COc1ccc(NC(=O)CSc2nc3c(c(-c4cccs4)c2C#N)-c2ccccc2C3=O)cc1. The van der Waals surface area contributed by atoms with Crippen molar-refractivity contribution in [2.75, 3.05) is 18.2 Å². The minimum atomic E-state index is -0.242. The first kappa shape index (κ1) is 21.9. The van der Waals surface area contributed by atoms with Crippen LogP contribution in [0.4, 0.5) is 5.69 Å². The fourth-order valence-electron chi connectivity index (χ4n) is 3.90. The Labute approximate surface area is 204 Å². The molecule has 6 nitrogen and oxygen atoms in total. The number of hydrogen-bond donors (Lipinski definition) is 1. The maximum absolute atomic E-state index is 13.2. The summed E-state index contributed by atoms with van der Waals surface area (Å²) in [6.07, 6.45) is 0. The maximum atomic E-state index is 13.2. The number of thiophene rings is 1. The molecule has 2 heterocycles. The van der Waals surface area contributed by atoms with Gasteiger partial charge in [-0.05, 0) is 41.3 Å². The molecule has 0 spiro atoms.